The Labute approximate surface area is 85.8 Å². The van der Waals surface area contributed by atoms with E-state index in [2.05, 4.69) is 31.0 Å². The quantitative estimate of drug-likeness (QED) is 0.654. The summed E-state index contributed by atoms with van der Waals surface area (Å²) in [6.45, 7) is 7.53. The fourth-order valence-electron chi connectivity index (χ4n) is 2.21. The number of hydrogen-bond acceptors (Lipinski definition) is 3. The summed E-state index contributed by atoms with van der Waals surface area (Å²) in [4.78, 5) is 13.9. The third-order valence-corrected chi connectivity index (χ3v) is 2.85. The van der Waals surface area contributed by atoms with Gasteiger partial charge >= 0.3 is 0 Å². The van der Waals surface area contributed by atoms with Crippen molar-refractivity contribution in [2.45, 2.75) is 45.3 Å². The molecular formula is C10H21N3O. The Morgan fingerprint density at radius 2 is 2.29 bits per heavy atom. The third-order valence-electron chi connectivity index (χ3n) is 2.85. The van der Waals surface area contributed by atoms with Gasteiger partial charge in [-0.15, -0.1) is 0 Å². The van der Waals surface area contributed by atoms with Crippen LogP contribution in [-0.4, -0.2) is 42.0 Å². The summed E-state index contributed by atoms with van der Waals surface area (Å²) in [7, 11) is 0. The van der Waals surface area contributed by atoms with Crippen molar-refractivity contribution < 1.29 is 4.79 Å². The monoisotopic (exact) mass is 199 g/mol. The summed E-state index contributed by atoms with van der Waals surface area (Å²) in [5.41, 5.74) is 5.65. The van der Waals surface area contributed by atoms with Crippen LogP contribution in [0.1, 0.15) is 27.2 Å². The molecule has 0 aliphatic carbocycles. The van der Waals surface area contributed by atoms with Gasteiger partial charge in [-0.25, -0.2) is 0 Å². The van der Waals surface area contributed by atoms with Crippen LogP contribution in [0.15, 0.2) is 0 Å². The minimum Gasteiger partial charge on any atom is -0.355 e. The van der Waals surface area contributed by atoms with Gasteiger partial charge in [-0.05, 0) is 27.2 Å². The maximum absolute atomic E-state index is 11.7. The molecule has 0 saturated carbocycles. The highest BCUT2D eigenvalue weighted by Crippen LogP contribution is 2.15. The zero-order valence-electron chi connectivity index (χ0n) is 9.29. The molecule has 0 spiro atoms. The van der Waals surface area contributed by atoms with Crippen molar-refractivity contribution in [1.82, 2.24) is 10.2 Å². The van der Waals surface area contributed by atoms with Crippen molar-refractivity contribution in [3.05, 3.63) is 0 Å². The molecule has 1 rings (SSSR count). The summed E-state index contributed by atoms with van der Waals surface area (Å²) in [5.74, 6) is 0.0746. The first kappa shape index (κ1) is 11.5. The molecule has 82 valence electrons. The largest absolute Gasteiger partial charge is 0.355 e. The first-order valence-corrected chi connectivity index (χ1v) is 5.33. The normalized spacial score (nSPS) is 30.2. The third kappa shape index (κ3) is 2.25. The highest BCUT2D eigenvalue weighted by Gasteiger charge is 2.32. The van der Waals surface area contributed by atoms with E-state index in [1.807, 2.05) is 0 Å². The smallest absolute Gasteiger partial charge is 0.238 e. The molecule has 1 aliphatic heterocycles. The van der Waals surface area contributed by atoms with Crippen LogP contribution in [0.5, 0.6) is 0 Å². The van der Waals surface area contributed by atoms with Crippen molar-refractivity contribution in [1.29, 1.82) is 0 Å². The van der Waals surface area contributed by atoms with Crippen LogP contribution in [0.4, 0.5) is 0 Å². The number of nitrogens with two attached hydrogens (primary N) is 1. The van der Waals surface area contributed by atoms with Gasteiger partial charge in [0.2, 0.25) is 5.91 Å². The topological polar surface area (TPSA) is 58.4 Å². The molecule has 4 heteroatoms. The first-order chi connectivity index (χ1) is 6.57. The molecule has 1 aliphatic rings. The van der Waals surface area contributed by atoms with E-state index < -0.39 is 0 Å². The molecule has 0 bridgehead atoms. The molecule has 1 amide bonds. The van der Waals surface area contributed by atoms with Crippen LogP contribution in [0, 0.1) is 0 Å². The molecule has 14 heavy (non-hydrogen) atoms. The van der Waals surface area contributed by atoms with E-state index in [-0.39, 0.29) is 11.9 Å². The maximum Gasteiger partial charge on any atom is 0.238 e. The molecule has 4 nitrogen and oxygen atoms in total. The summed E-state index contributed by atoms with van der Waals surface area (Å²) in [5, 5.41) is 2.90. The number of carbonyl (C=O) groups is 1. The van der Waals surface area contributed by atoms with E-state index in [0.29, 0.717) is 18.6 Å². The summed E-state index contributed by atoms with van der Waals surface area (Å²) in [6, 6.07) is 0.623. The van der Waals surface area contributed by atoms with Crippen LogP contribution in [0.3, 0.4) is 0 Å². The molecule has 1 saturated heterocycles. The Balaban J connectivity index is 2.84. The fourth-order valence-corrected chi connectivity index (χ4v) is 2.21. The maximum atomic E-state index is 11.7. The molecule has 0 aromatic carbocycles. The fraction of sp³-hybridized carbons (Fsp3) is 0.900. The van der Waals surface area contributed by atoms with Crippen molar-refractivity contribution in [2.24, 2.45) is 5.73 Å². The second-order valence-corrected chi connectivity index (χ2v) is 4.22. The van der Waals surface area contributed by atoms with E-state index in [4.69, 9.17) is 5.73 Å². The Hall–Kier alpha value is -0.610. The van der Waals surface area contributed by atoms with Gasteiger partial charge in [0.25, 0.3) is 0 Å². The minimum absolute atomic E-state index is 0.0746. The highest BCUT2D eigenvalue weighted by molar-refractivity contribution is 5.82. The molecule has 2 atom stereocenters. The molecule has 0 radical (unpaired) electrons. The van der Waals surface area contributed by atoms with Crippen molar-refractivity contribution >= 4 is 5.91 Å². The van der Waals surface area contributed by atoms with E-state index in [0.717, 1.165) is 13.0 Å². The van der Waals surface area contributed by atoms with Crippen LogP contribution < -0.4 is 11.1 Å². The van der Waals surface area contributed by atoms with E-state index in [1.54, 1.807) is 0 Å². The first-order valence-electron chi connectivity index (χ1n) is 5.33. The van der Waals surface area contributed by atoms with Crippen molar-refractivity contribution in [3.8, 4) is 0 Å². The zero-order chi connectivity index (χ0) is 10.7. The Kier molecular flexibility index (Phi) is 3.89. The molecular weight excluding hydrogens is 178 g/mol. The predicted octanol–water partition coefficient (Wildman–Crippen LogP) is -0.0675. The second kappa shape index (κ2) is 4.75. The second-order valence-electron chi connectivity index (χ2n) is 4.22. The van der Waals surface area contributed by atoms with Crippen LogP contribution >= 0.6 is 0 Å². The molecule has 2 unspecified atom stereocenters. The number of nitrogens with zero attached hydrogens (tertiary/aromatic N) is 1. The van der Waals surface area contributed by atoms with E-state index in [1.165, 1.54) is 0 Å². The number of rotatable bonds is 2. The highest BCUT2D eigenvalue weighted by atomic mass is 16.2. The van der Waals surface area contributed by atoms with E-state index in [9.17, 15) is 4.79 Å². The molecule has 0 aromatic heterocycles. The molecule has 1 heterocycles. The van der Waals surface area contributed by atoms with Gasteiger partial charge in [0, 0.05) is 25.2 Å². The predicted molar refractivity (Wildman–Crippen MR) is 56.9 cm³/mol. The van der Waals surface area contributed by atoms with Gasteiger partial charge in [0.15, 0.2) is 0 Å². The Morgan fingerprint density at radius 3 is 2.79 bits per heavy atom. The van der Waals surface area contributed by atoms with Gasteiger partial charge in [-0.1, -0.05) is 0 Å². The van der Waals surface area contributed by atoms with Gasteiger partial charge in [-0.2, -0.15) is 0 Å². The SMILES string of the molecule is CC(C)N1C(C)CCNC(=O)C1CN. The standard InChI is InChI=1S/C10H21N3O/c1-7(2)13-8(3)4-5-12-10(14)9(13)6-11/h7-9H,4-6,11H2,1-3H3,(H,12,14). The average molecular weight is 199 g/mol. The average Bonchev–Trinajstić information content (AvgIpc) is 2.24. The summed E-state index contributed by atoms with van der Waals surface area (Å²) in [6.07, 6.45) is 1.00. The zero-order valence-corrected chi connectivity index (χ0v) is 9.29. The number of carbonyl (C=O) groups excluding carboxylic acids is 1. The lowest BCUT2D eigenvalue weighted by Crippen LogP contribution is -2.53. The lowest BCUT2D eigenvalue weighted by molar-refractivity contribution is -0.126. The van der Waals surface area contributed by atoms with Crippen LogP contribution in [0.25, 0.3) is 0 Å². The summed E-state index contributed by atoms with van der Waals surface area (Å²) < 4.78 is 0. The van der Waals surface area contributed by atoms with Gasteiger partial charge in [-0.3, -0.25) is 9.69 Å². The van der Waals surface area contributed by atoms with Crippen LogP contribution in [-0.2, 0) is 4.79 Å². The van der Waals surface area contributed by atoms with E-state index >= 15 is 0 Å². The molecule has 1 fully saturated rings. The number of amides is 1. The molecule has 3 N–H and O–H groups in total. The van der Waals surface area contributed by atoms with Gasteiger partial charge in [0.1, 0.15) is 6.04 Å². The molecule has 0 aromatic rings. The van der Waals surface area contributed by atoms with Crippen molar-refractivity contribution in [2.75, 3.05) is 13.1 Å². The minimum atomic E-state index is -0.160. The lowest BCUT2D eigenvalue weighted by atomic mass is 10.1. The number of nitrogens with one attached hydrogen (secondary N) is 1. The number of hydrogen-bond donors (Lipinski definition) is 2. The van der Waals surface area contributed by atoms with Crippen LogP contribution in [0.2, 0.25) is 0 Å². The van der Waals surface area contributed by atoms with Gasteiger partial charge < -0.3 is 11.1 Å². The summed E-state index contributed by atoms with van der Waals surface area (Å²) >= 11 is 0. The lowest BCUT2D eigenvalue weighted by Gasteiger charge is -2.35. The van der Waals surface area contributed by atoms with Crippen molar-refractivity contribution in [3.63, 3.8) is 0 Å². The Morgan fingerprint density at radius 1 is 1.64 bits per heavy atom. The Bertz CT molecular complexity index is 206. The van der Waals surface area contributed by atoms with Gasteiger partial charge in [0.05, 0.1) is 0 Å².